The van der Waals surface area contributed by atoms with Gasteiger partial charge in [-0.3, -0.25) is 14.5 Å². The van der Waals surface area contributed by atoms with Crippen LogP contribution in [0.4, 0.5) is 4.79 Å². The van der Waals surface area contributed by atoms with Crippen LogP contribution in [-0.2, 0) is 19.1 Å². The molecular weight excluding hydrogens is 282 g/mol. The molecule has 9 heteroatoms. The predicted octanol–water partition coefficient (Wildman–Crippen LogP) is -1.08. The van der Waals surface area contributed by atoms with Crippen LogP contribution in [0, 0.1) is 0 Å². The molecule has 1 fully saturated rings. The molecule has 1 aliphatic rings. The fourth-order valence-corrected chi connectivity index (χ4v) is 1.74. The number of aliphatic carboxylic acids is 1. The fraction of sp³-hybridized carbons (Fsp3) is 0.667. The van der Waals surface area contributed by atoms with E-state index in [0.29, 0.717) is 0 Å². The van der Waals surface area contributed by atoms with E-state index < -0.39 is 24.1 Å². The molecule has 1 aliphatic heterocycles. The van der Waals surface area contributed by atoms with Gasteiger partial charge in [0, 0.05) is 19.5 Å². The number of nitrogens with one attached hydrogen (secondary N) is 2. The lowest BCUT2D eigenvalue weighted by Gasteiger charge is -2.15. The molecule has 4 amide bonds. The third kappa shape index (κ3) is 5.03. The molecule has 0 atom stereocenters. The number of carboxylic acids is 1. The minimum absolute atomic E-state index is 0.00405. The standard InChI is InChI=1S/C12H19N3O6/c1-12(2)10(19)15(11(20)14-12)5-3-8(16)13-4-6-21-7-9(17)18/h3-7H2,1-2H3,(H,13,16)(H,14,20)(H,17,18). The highest BCUT2D eigenvalue weighted by Crippen LogP contribution is 2.16. The third-order valence-corrected chi connectivity index (χ3v) is 2.80. The normalized spacial score (nSPS) is 16.8. The van der Waals surface area contributed by atoms with Crippen LogP contribution in [0.5, 0.6) is 0 Å². The number of carbonyl (C=O) groups is 4. The van der Waals surface area contributed by atoms with Gasteiger partial charge in [-0.2, -0.15) is 0 Å². The fourth-order valence-electron chi connectivity index (χ4n) is 1.74. The molecule has 0 aromatic rings. The van der Waals surface area contributed by atoms with Crippen LogP contribution in [0.3, 0.4) is 0 Å². The predicted molar refractivity (Wildman–Crippen MR) is 70.4 cm³/mol. The Kier molecular flexibility index (Phi) is 5.65. The molecule has 1 saturated heterocycles. The molecule has 0 radical (unpaired) electrons. The summed E-state index contributed by atoms with van der Waals surface area (Å²) < 4.78 is 4.74. The Morgan fingerprint density at radius 3 is 2.57 bits per heavy atom. The summed E-state index contributed by atoms with van der Waals surface area (Å²) in [5.74, 6) is -1.80. The van der Waals surface area contributed by atoms with E-state index in [1.807, 2.05) is 0 Å². The number of nitrogens with zero attached hydrogens (tertiary/aromatic N) is 1. The number of ether oxygens (including phenoxy) is 1. The van der Waals surface area contributed by atoms with Crippen molar-refractivity contribution >= 4 is 23.8 Å². The molecule has 0 aromatic heterocycles. The van der Waals surface area contributed by atoms with Crippen molar-refractivity contribution in [1.29, 1.82) is 0 Å². The highest BCUT2D eigenvalue weighted by atomic mass is 16.5. The van der Waals surface area contributed by atoms with Gasteiger partial charge in [-0.05, 0) is 13.8 Å². The van der Waals surface area contributed by atoms with Crippen LogP contribution < -0.4 is 10.6 Å². The number of imide groups is 1. The summed E-state index contributed by atoms with van der Waals surface area (Å²) in [6.45, 7) is 3.00. The van der Waals surface area contributed by atoms with Gasteiger partial charge in [0.1, 0.15) is 12.1 Å². The Hall–Kier alpha value is -2.16. The topological polar surface area (TPSA) is 125 Å². The number of urea groups is 1. The van der Waals surface area contributed by atoms with E-state index in [1.54, 1.807) is 13.8 Å². The molecule has 0 unspecified atom stereocenters. The molecule has 1 rings (SSSR count). The molecule has 0 aromatic carbocycles. The van der Waals surface area contributed by atoms with Crippen molar-refractivity contribution in [3.05, 3.63) is 0 Å². The second-order valence-corrected chi connectivity index (χ2v) is 5.06. The largest absolute Gasteiger partial charge is 0.480 e. The van der Waals surface area contributed by atoms with Gasteiger partial charge in [0.15, 0.2) is 0 Å². The number of hydrogen-bond donors (Lipinski definition) is 3. The molecular formula is C12H19N3O6. The quantitative estimate of drug-likeness (QED) is 0.387. The average Bonchev–Trinajstić information content (AvgIpc) is 2.55. The van der Waals surface area contributed by atoms with Gasteiger partial charge in [0.2, 0.25) is 5.91 Å². The Morgan fingerprint density at radius 2 is 2.05 bits per heavy atom. The lowest BCUT2D eigenvalue weighted by molar-refractivity contribution is -0.142. The zero-order valence-electron chi connectivity index (χ0n) is 12.0. The van der Waals surface area contributed by atoms with Gasteiger partial charge < -0.3 is 20.5 Å². The van der Waals surface area contributed by atoms with Crippen LogP contribution in [0.15, 0.2) is 0 Å². The second kappa shape index (κ2) is 7.02. The van der Waals surface area contributed by atoms with Crippen LogP contribution in [0.25, 0.3) is 0 Å². The molecule has 21 heavy (non-hydrogen) atoms. The molecule has 3 N–H and O–H groups in total. The molecule has 0 bridgehead atoms. The van der Waals surface area contributed by atoms with Gasteiger partial charge in [-0.25, -0.2) is 9.59 Å². The van der Waals surface area contributed by atoms with E-state index in [-0.39, 0.29) is 37.9 Å². The maximum atomic E-state index is 11.8. The number of amides is 4. The Labute approximate surface area is 121 Å². The Morgan fingerprint density at radius 1 is 1.38 bits per heavy atom. The van der Waals surface area contributed by atoms with Crippen LogP contribution >= 0.6 is 0 Å². The van der Waals surface area contributed by atoms with Gasteiger partial charge in [0.25, 0.3) is 5.91 Å². The van der Waals surface area contributed by atoms with E-state index in [0.717, 1.165) is 4.90 Å². The monoisotopic (exact) mass is 301 g/mol. The van der Waals surface area contributed by atoms with Crippen molar-refractivity contribution in [1.82, 2.24) is 15.5 Å². The van der Waals surface area contributed by atoms with E-state index in [9.17, 15) is 19.2 Å². The molecule has 0 spiro atoms. The van der Waals surface area contributed by atoms with Crippen LogP contribution in [0.2, 0.25) is 0 Å². The highest BCUT2D eigenvalue weighted by molar-refractivity contribution is 6.06. The Bertz CT molecular complexity index is 448. The highest BCUT2D eigenvalue weighted by Gasteiger charge is 2.43. The lowest BCUT2D eigenvalue weighted by Crippen LogP contribution is -2.40. The van der Waals surface area contributed by atoms with E-state index in [1.165, 1.54) is 0 Å². The number of carbonyl (C=O) groups excluding carboxylic acids is 3. The number of hydrogen-bond acceptors (Lipinski definition) is 5. The Balaban J connectivity index is 2.23. The van der Waals surface area contributed by atoms with Crippen molar-refractivity contribution in [2.24, 2.45) is 0 Å². The van der Waals surface area contributed by atoms with Gasteiger partial charge in [0.05, 0.1) is 6.61 Å². The van der Waals surface area contributed by atoms with Crippen molar-refractivity contribution < 1.29 is 29.0 Å². The minimum Gasteiger partial charge on any atom is -0.480 e. The minimum atomic E-state index is -1.08. The average molecular weight is 301 g/mol. The molecule has 0 aliphatic carbocycles. The maximum absolute atomic E-state index is 11.8. The van der Waals surface area contributed by atoms with Crippen molar-refractivity contribution in [2.45, 2.75) is 25.8 Å². The zero-order valence-corrected chi connectivity index (χ0v) is 12.0. The molecule has 0 saturated carbocycles. The summed E-state index contributed by atoms with van der Waals surface area (Å²) >= 11 is 0. The number of carboxylic acid groups (broad SMARTS) is 1. The summed E-state index contributed by atoms with van der Waals surface area (Å²) in [5, 5.41) is 13.4. The smallest absolute Gasteiger partial charge is 0.329 e. The second-order valence-electron chi connectivity index (χ2n) is 5.06. The van der Waals surface area contributed by atoms with E-state index in [2.05, 4.69) is 10.6 Å². The first-order valence-corrected chi connectivity index (χ1v) is 6.44. The maximum Gasteiger partial charge on any atom is 0.329 e. The third-order valence-electron chi connectivity index (χ3n) is 2.80. The van der Waals surface area contributed by atoms with E-state index >= 15 is 0 Å². The summed E-state index contributed by atoms with van der Waals surface area (Å²) in [6.07, 6.45) is -0.0197. The van der Waals surface area contributed by atoms with Gasteiger partial charge >= 0.3 is 12.0 Å². The first-order chi connectivity index (χ1) is 9.74. The molecule has 9 nitrogen and oxygen atoms in total. The summed E-state index contributed by atoms with van der Waals surface area (Å²) in [5.41, 5.74) is -0.946. The molecule has 1 heterocycles. The summed E-state index contributed by atoms with van der Waals surface area (Å²) in [6, 6.07) is -0.511. The van der Waals surface area contributed by atoms with Crippen LogP contribution in [-0.4, -0.2) is 65.7 Å². The first kappa shape index (κ1) is 16.9. The van der Waals surface area contributed by atoms with Gasteiger partial charge in [-0.1, -0.05) is 0 Å². The van der Waals surface area contributed by atoms with Crippen molar-refractivity contribution in [3.63, 3.8) is 0 Å². The first-order valence-electron chi connectivity index (χ1n) is 6.44. The lowest BCUT2D eigenvalue weighted by atomic mass is 10.1. The van der Waals surface area contributed by atoms with Crippen molar-refractivity contribution in [2.75, 3.05) is 26.3 Å². The summed E-state index contributed by atoms with van der Waals surface area (Å²) in [4.78, 5) is 46.1. The van der Waals surface area contributed by atoms with Gasteiger partial charge in [-0.15, -0.1) is 0 Å². The molecule has 118 valence electrons. The zero-order chi connectivity index (χ0) is 16.0. The SMILES string of the molecule is CC1(C)NC(=O)N(CCC(=O)NCCOCC(=O)O)C1=O. The number of rotatable bonds is 8. The van der Waals surface area contributed by atoms with E-state index in [4.69, 9.17) is 9.84 Å². The van der Waals surface area contributed by atoms with Crippen LogP contribution in [0.1, 0.15) is 20.3 Å². The van der Waals surface area contributed by atoms with Crippen molar-refractivity contribution in [3.8, 4) is 0 Å². The summed E-state index contributed by atoms with van der Waals surface area (Å²) in [7, 11) is 0.